The zero-order valence-corrected chi connectivity index (χ0v) is 10.5. The molecule has 1 aliphatic heterocycles. The molecule has 0 amide bonds. The van der Waals surface area contributed by atoms with E-state index in [-0.39, 0.29) is 0 Å². The van der Waals surface area contributed by atoms with E-state index in [9.17, 15) is 0 Å². The molecule has 1 heterocycles. The van der Waals surface area contributed by atoms with Gasteiger partial charge in [0.05, 0.1) is 0 Å². The number of hydrogen-bond acceptors (Lipinski definition) is 2. The fourth-order valence-corrected chi connectivity index (χ4v) is 1.90. The van der Waals surface area contributed by atoms with Gasteiger partial charge in [0.15, 0.2) is 11.5 Å². The summed E-state index contributed by atoms with van der Waals surface area (Å²) in [5.41, 5.74) is 1.26. The van der Waals surface area contributed by atoms with Crippen LogP contribution in [0.25, 0.3) is 0 Å². The van der Waals surface area contributed by atoms with Crippen LogP contribution in [0, 0.1) is 17.8 Å². The molecule has 1 atom stereocenters. The standard InChI is InChI=1S/C15H18O2/c1-3-4-5-12(2)10-13-6-7-14-15(11-13)17-9-8-16-14/h6-7,11-12H,3,8-10H2,1-2H3. The third-order valence-electron chi connectivity index (χ3n) is 2.67. The van der Waals surface area contributed by atoms with Crippen molar-refractivity contribution in [1.82, 2.24) is 0 Å². The molecule has 17 heavy (non-hydrogen) atoms. The third kappa shape index (κ3) is 3.17. The van der Waals surface area contributed by atoms with Gasteiger partial charge in [-0.1, -0.05) is 25.8 Å². The molecular weight excluding hydrogens is 212 g/mol. The van der Waals surface area contributed by atoms with Gasteiger partial charge in [0, 0.05) is 12.3 Å². The molecule has 90 valence electrons. The van der Waals surface area contributed by atoms with Crippen LogP contribution in [0.5, 0.6) is 11.5 Å². The molecule has 1 unspecified atom stereocenters. The van der Waals surface area contributed by atoms with Gasteiger partial charge in [-0.05, 0) is 24.1 Å². The second-order valence-electron chi connectivity index (χ2n) is 4.26. The third-order valence-corrected chi connectivity index (χ3v) is 2.67. The first-order valence-corrected chi connectivity index (χ1v) is 6.16. The van der Waals surface area contributed by atoms with E-state index in [1.807, 2.05) is 6.07 Å². The predicted molar refractivity (Wildman–Crippen MR) is 68.4 cm³/mol. The van der Waals surface area contributed by atoms with E-state index in [2.05, 4.69) is 37.8 Å². The van der Waals surface area contributed by atoms with Crippen molar-refractivity contribution in [3.63, 3.8) is 0 Å². The smallest absolute Gasteiger partial charge is 0.161 e. The van der Waals surface area contributed by atoms with Crippen LogP contribution in [-0.4, -0.2) is 13.2 Å². The summed E-state index contributed by atoms with van der Waals surface area (Å²) >= 11 is 0. The van der Waals surface area contributed by atoms with E-state index in [4.69, 9.17) is 9.47 Å². The number of rotatable bonds is 2. The Morgan fingerprint density at radius 2 is 2.00 bits per heavy atom. The van der Waals surface area contributed by atoms with Gasteiger partial charge in [-0.15, -0.1) is 5.92 Å². The van der Waals surface area contributed by atoms with Gasteiger partial charge in [-0.25, -0.2) is 0 Å². The molecule has 2 nitrogen and oxygen atoms in total. The highest BCUT2D eigenvalue weighted by molar-refractivity contribution is 5.44. The molecule has 1 aromatic rings. The minimum atomic E-state index is 0.387. The normalized spacial score (nSPS) is 14.7. The molecule has 0 aromatic heterocycles. The van der Waals surface area contributed by atoms with E-state index in [1.165, 1.54) is 5.56 Å². The molecular formula is C15H18O2. The summed E-state index contributed by atoms with van der Waals surface area (Å²) in [5, 5.41) is 0. The quantitative estimate of drug-likeness (QED) is 0.727. The Hall–Kier alpha value is -1.62. The van der Waals surface area contributed by atoms with Gasteiger partial charge in [0.25, 0.3) is 0 Å². The van der Waals surface area contributed by atoms with Crippen LogP contribution < -0.4 is 9.47 Å². The SMILES string of the molecule is CCC#CC(C)Cc1ccc2c(c1)OCCO2. The zero-order chi connectivity index (χ0) is 12.1. The van der Waals surface area contributed by atoms with Gasteiger partial charge < -0.3 is 9.47 Å². The maximum Gasteiger partial charge on any atom is 0.161 e. The van der Waals surface area contributed by atoms with Gasteiger partial charge in [-0.2, -0.15) is 0 Å². The highest BCUT2D eigenvalue weighted by Crippen LogP contribution is 2.31. The molecule has 0 fully saturated rings. The monoisotopic (exact) mass is 230 g/mol. The Bertz CT molecular complexity index is 440. The van der Waals surface area contributed by atoms with Gasteiger partial charge >= 0.3 is 0 Å². The lowest BCUT2D eigenvalue weighted by molar-refractivity contribution is 0.171. The number of ether oxygens (including phenoxy) is 2. The number of benzene rings is 1. The molecule has 0 N–H and O–H groups in total. The molecule has 0 bridgehead atoms. The molecule has 0 saturated heterocycles. The summed E-state index contributed by atoms with van der Waals surface area (Å²) in [6, 6.07) is 6.15. The topological polar surface area (TPSA) is 18.5 Å². The van der Waals surface area contributed by atoms with Crippen LogP contribution in [0.3, 0.4) is 0 Å². The highest BCUT2D eigenvalue weighted by Gasteiger charge is 2.12. The molecule has 1 aliphatic rings. The van der Waals surface area contributed by atoms with E-state index >= 15 is 0 Å². The second kappa shape index (κ2) is 5.63. The Balaban J connectivity index is 2.06. The Morgan fingerprint density at radius 1 is 1.24 bits per heavy atom. The lowest BCUT2D eigenvalue weighted by Crippen LogP contribution is -2.15. The van der Waals surface area contributed by atoms with E-state index in [0.717, 1.165) is 24.3 Å². The minimum Gasteiger partial charge on any atom is -0.486 e. The first-order valence-electron chi connectivity index (χ1n) is 6.16. The first kappa shape index (κ1) is 11.9. The molecule has 2 rings (SSSR count). The summed E-state index contributed by atoms with van der Waals surface area (Å²) in [6.45, 7) is 5.51. The maximum atomic E-state index is 5.57. The molecule has 1 aromatic carbocycles. The van der Waals surface area contributed by atoms with Crippen molar-refractivity contribution in [1.29, 1.82) is 0 Å². The summed E-state index contributed by atoms with van der Waals surface area (Å²) in [7, 11) is 0. The van der Waals surface area contributed by atoms with E-state index < -0.39 is 0 Å². The first-order chi connectivity index (χ1) is 8.29. The fourth-order valence-electron chi connectivity index (χ4n) is 1.90. The molecule has 2 heteroatoms. The summed E-state index contributed by atoms with van der Waals surface area (Å²) in [5.74, 6) is 8.47. The lowest BCUT2D eigenvalue weighted by Gasteiger charge is -2.19. The Labute approximate surface area is 103 Å². The van der Waals surface area contributed by atoms with Gasteiger partial charge in [0.1, 0.15) is 13.2 Å². The Kier molecular flexibility index (Phi) is 3.93. The van der Waals surface area contributed by atoms with Crippen molar-refractivity contribution < 1.29 is 9.47 Å². The van der Waals surface area contributed by atoms with Crippen molar-refractivity contribution >= 4 is 0 Å². The molecule has 0 saturated carbocycles. The van der Waals surface area contributed by atoms with Gasteiger partial charge in [0.2, 0.25) is 0 Å². The van der Waals surface area contributed by atoms with Crippen LogP contribution in [0.2, 0.25) is 0 Å². The molecule has 0 radical (unpaired) electrons. The van der Waals surface area contributed by atoms with Crippen LogP contribution in [-0.2, 0) is 6.42 Å². The predicted octanol–water partition coefficient (Wildman–Crippen LogP) is 3.05. The van der Waals surface area contributed by atoms with E-state index in [1.54, 1.807) is 0 Å². The zero-order valence-electron chi connectivity index (χ0n) is 10.5. The van der Waals surface area contributed by atoms with Crippen LogP contribution >= 0.6 is 0 Å². The summed E-state index contributed by atoms with van der Waals surface area (Å²) in [4.78, 5) is 0. The molecule has 0 aliphatic carbocycles. The Morgan fingerprint density at radius 3 is 2.76 bits per heavy atom. The van der Waals surface area contributed by atoms with Crippen LogP contribution in [0.15, 0.2) is 18.2 Å². The van der Waals surface area contributed by atoms with Crippen molar-refractivity contribution in [3.8, 4) is 23.3 Å². The second-order valence-corrected chi connectivity index (χ2v) is 4.26. The largest absolute Gasteiger partial charge is 0.486 e. The number of fused-ring (bicyclic) bond motifs is 1. The maximum absolute atomic E-state index is 5.57. The minimum absolute atomic E-state index is 0.387. The average Bonchev–Trinajstić information content (AvgIpc) is 2.36. The van der Waals surface area contributed by atoms with Crippen LogP contribution in [0.1, 0.15) is 25.8 Å². The molecule has 0 spiro atoms. The van der Waals surface area contributed by atoms with Gasteiger partial charge in [-0.3, -0.25) is 0 Å². The summed E-state index contributed by atoms with van der Waals surface area (Å²) < 4.78 is 11.1. The van der Waals surface area contributed by atoms with E-state index in [0.29, 0.717) is 19.1 Å². The fraction of sp³-hybridized carbons (Fsp3) is 0.467. The van der Waals surface area contributed by atoms with Crippen LogP contribution in [0.4, 0.5) is 0 Å². The van der Waals surface area contributed by atoms with Crippen molar-refractivity contribution in [3.05, 3.63) is 23.8 Å². The highest BCUT2D eigenvalue weighted by atomic mass is 16.6. The van der Waals surface area contributed by atoms with Crippen molar-refractivity contribution in [2.75, 3.05) is 13.2 Å². The lowest BCUT2D eigenvalue weighted by atomic mass is 10.0. The summed E-state index contributed by atoms with van der Waals surface area (Å²) in [6.07, 6.45) is 1.88. The van der Waals surface area contributed by atoms with Crippen molar-refractivity contribution in [2.24, 2.45) is 5.92 Å². The van der Waals surface area contributed by atoms with Crippen molar-refractivity contribution in [2.45, 2.75) is 26.7 Å². The number of hydrogen-bond donors (Lipinski definition) is 0. The average molecular weight is 230 g/mol.